The molecule has 0 bridgehead atoms. The van der Waals surface area contributed by atoms with Gasteiger partial charge >= 0.3 is 0 Å². The number of ether oxygens (including phenoxy) is 2. The van der Waals surface area contributed by atoms with Crippen molar-refractivity contribution >= 4 is 22.3 Å². The fourth-order valence-corrected chi connectivity index (χ4v) is 3.68. The summed E-state index contributed by atoms with van der Waals surface area (Å²) in [6, 6.07) is 5.73. The summed E-state index contributed by atoms with van der Waals surface area (Å²) in [5.74, 6) is 1.88. The summed E-state index contributed by atoms with van der Waals surface area (Å²) in [6.45, 7) is 6.76. The number of nitrogens with one attached hydrogen (secondary N) is 1. The van der Waals surface area contributed by atoms with Gasteiger partial charge in [0.1, 0.15) is 18.2 Å². The second kappa shape index (κ2) is 9.05. The van der Waals surface area contributed by atoms with Gasteiger partial charge in [-0.1, -0.05) is 17.4 Å². The SMILES string of the molecule is Cc1nc(Nc2ncc(-c3cccnc3)s2)cc(OCCN2CCOCC2)n1. The molecule has 3 aromatic rings. The normalized spacial score (nSPS) is 14.8. The van der Waals surface area contributed by atoms with Gasteiger partial charge in [0, 0.05) is 49.9 Å². The molecule has 0 atom stereocenters. The molecule has 8 nitrogen and oxygen atoms in total. The number of hydrogen-bond donors (Lipinski definition) is 1. The molecule has 3 aromatic heterocycles. The molecule has 0 spiro atoms. The number of hydrogen-bond acceptors (Lipinski definition) is 9. The highest BCUT2D eigenvalue weighted by Crippen LogP contribution is 2.30. The molecular weight excluding hydrogens is 376 g/mol. The summed E-state index contributed by atoms with van der Waals surface area (Å²) < 4.78 is 11.2. The summed E-state index contributed by atoms with van der Waals surface area (Å²) in [7, 11) is 0. The van der Waals surface area contributed by atoms with E-state index in [2.05, 4.69) is 30.2 Å². The molecule has 4 heterocycles. The van der Waals surface area contributed by atoms with Gasteiger partial charge in [0.05, 0.1) is 18.1 Å². The minimum Gasteiger partial charge on any atom is -0.476 e. The number of morpholine rings is 1. The molecule has 1 aliphatic heterocycles. The Balaban J connectivity index is 1.37. The molecule has 9 heteroatoms. The summed E-state index contributed by atoms with van der Waals surface area (Å²) in [4.78, 5) is 20.8. The van der Waals surface area contributed by atoms with Crippen molar-refractivity contribution in [3.05, 3.63) is 42.6 Å². The van der Waals surface area contributed by atoms with Crippen molar-refractivity contribution in [3.8, 4) is 16.3 Å². The van der Waals surface area contributed by atoms with E-state index in [9.17, 15) is 0 Å². The molecule has 1 fully saturated rings. The van der Waals surface area contributed by atoms with Gasteiger partial charge in [-0.3, -0.25) is 9.88 Å². The predicted molar refractivity (Wildman–Crippen MR) is 108 cm³/mol. The minimum absolute atomic E-state index is 0.562. The Kier molecular flexibility index (Phi) is 6.05. The highest BCUT2D eigenvalue weighted by atomic mass is 32.1. The fourth-order valence-electron chi connectivity index (χ4n) is 2.87. The molecule has 0 unspecified atom stereocenters. The Morgan fingerprint density at radius 2 is 2.14 bits per heavy atom. The monoisotopic (exact) mass is 398 g/mol. The van der Waals surface area contributed by atoms with Gasteiger partial charge in [-0.05, 0) is 13.0 Å². The van der Waals surface area contributed by atoms with Gasteiger partial charge in [-0.25, -0.2) is 9.97 Å². The Bertz CT molecular complexity index is 898. The lowest BCUT2D eigenvalue weighted by molar-refractivity contribution is 0.0320. The number of anilines is 2. The van der Waals surface area contributed by atoms with Crippen LogP contribution in [-0.4, -0.2) is 64.3 Å². The lowest BCUT2D eigenvalue weighted by Crippen LogP contribution is -2.38. The topological polar surface area (TPSA) is 85.3 Å². The van der Waals surface area contributed by atoms with Crippen LogP contribution < -0.4 is 10.1 Å². The minimum atomic E-state index is 0.562. The van der Waals surface area contributed by atoms with Crippen LogP contribution in [-0.2, 0) is 4.74 Å². The van der Waals surface area contributed by atoms with Crippen LogP contribution in [0.3, 0.4) is 0 Å². The quantitative estimate of drug-likeness (QED) is 0.650. The van der Waals surface area contributed by atoms with Crippen LogP contribution in [0.15, 0.2) is 36.8 Å². The largest absolute Gasteiger partial charge is 0.476 e. The Morgan fingerprint density at radius 1 is 1.25 bits per heavy atom. The zero-order valence-electron chi connectivity index (χ0n) is 15.7. The lowest BCUT2D eigenvalue weighted by atomic mass is 10.3. The van der Waals surface area contributed by atoms with E-state index in [4.69, 9.17) is 9.47 Å². The van der Waals surface area contributed by atoms with E-state index in [1.165, 1.54) is 0 Å². The molecule has 146 valence electrons. The molecule has 1 saturated heterocycles. The second-order valence-corrected chi connectivity index (χ2v) is 7.37. The highest BCUT2D eigenvalue weighted by molar-refractivity contribution is 7.18. The summed E-state index contributed by atoms with van der Waals surface area (Å²) in [6.07, 6.45) is 5.41. The number of pyridine rings is 1. The van der Waals surface area contributed by atoms with E-state index in [-0.39, 0.29) is 0 Å². The van der Waals surface area contributed by atoms with Gasteiger partial charge < -0.3 is 14.8 Å². The third-order valence-electron chi connectivity index (χ3n) is 4.26. The molecule has 1 N–H and O–H groups in total. The standard InChI is InChI=1S/C19H22N6O2S/c1-14-22-17(11-18(23-14)27-10-7-25-5-8-26-9-6-25)24-19-21-13-16(28-19)15-3-2-4-20-12-15/h2-4,11-13H,5-10H2,1H3,(H,21,22,23,24). The van der Waals surface area contributed by atoms with Crippen molar-refractivity contribution in [1.82, 2.24) is 24.8 Å². The van der Waals surface area contributed by atoms with E-state index in [0.717, 1.165) is 48.4 Å². The van der Waals surface area contributed by atoms with Crippen LogP contribution >= 0.6 is 11.3 Å². The predicted octanol–water partition coefficient (Wildman–Crippen LogP) is 2.76. The first-order valence-electron chi connectivity index (χ1n) is 9.18. The molecule has 0 amide bonds. The van der Waals surface area contributed by atoms with E-state index >= 15 is 0 Å². The van der Waals surface area contributed by atoms with Crippen molar-refractivity contribution in [3.63, 3.8) is 0 Å². The van der Waals surface area contributed by atoms with Crippen LogP contribution in [0.4, 0.5) is 10.9 Å². The van der Waals surface area contributed by atoms with Crippen molar-refractivity contribution in [2.24, 2.45) is 0 Å². The average Bonchev–Trinajstić information content (AvgIpc) is 3.17. The van der Waals surface area contributed by atoms with Crippen molar-refractivity contribution < 1.29 is 9.47 Å². The summed E-state index contributed by atoms with van der Waals surface area (Å²) in [5, 5.41) is 4.00. The zero-order chi connectivity index (χ0) is 19.2. The summed E-state index contributed by atoms with van der Waals surface area (Å²) >= 11 is 1.55. The zero-order valence-corrected chi connectivity index (χ0v) is 16.5. The van der Waals surface area contributed by atoms with Crippen molar-refractivity contribution in [2.45, 2.75) is 6.92 Å². The average molecular weight is 398 g/mol. The van der Waals surface area contributed by atoms with E-state index in [1.54, 1.807) is 23.6 Å². The third-order valence-corrected chi connectivity index (χ3v) is 5.22. The van der Waals surface area contributed by atoms with Gasteiger partial charge in [-0.2, -0.15) is 4.98 Å². The Morgan fingerprint density at radius 3 is 2.96 bits per heavy atom. The maximum Gasteiger partial charge on any atom is 0.218 e. The van der Waals surface area contributed by atoms with Crippen LogP contribution in [0.1, 0.15) is 5.82 Å². The smallest absolute Gasteiger partial charge is 0.218 e. The molecule has 1 aliphatic rings. The Hall–Kier alpha value is -2.62. The van der Waals surface area contributed by atoms with Crippen LogP contribution in [0.25, 0.3) is 10.4 Å². The number of rotatable bonds is 7. The molecule has 4 rings (SSSR count). The Labute approximate surface area is 167 Å². The number of aryl methyl sites for hydroxylation is 1. The van der Waals surface area contributed by atoms with Crippen LogP contribution in [0.2, 0.25) is 0 Å². The van der Waals surface area contributed by atoms with Crippen molar-refractivity contribution in [1.29, 1.82) is 0 Å². The van der Waals surface area contributed by atoms with Crippen LogP contribution in [0.5, 0.6) is 5.88 Å². The maximum atomic E-state index is 5.84. The molecule has 0 aliphatic carbocycles. The van der Waals surface area contributed by atoms with E-state index in [1.807, 2.05) is 31.5 Å². The summed E-state index contributed by atoms with van der Waals surface area (Å²) in [5.41, 5.74) is 1.04. The van der Waals surface area contributed by atoms with Crippen molar-refractivity contribution in [2.75, 3.05) is 44.8 Å². The number of nitrogens with zero attached hydrogens (tertiary/aromatic N) is 5. The van der Waals surface area contributed by atoms with Gasteiger partial charge in [-0.15, -0.1) is 0 Å². The first-order valence-corrected chi connectivity index (χ1v) is 10.00. The highest BCUT2D eigenvalue weighted by Gasteiger charge is 2.11. The molecule has 0 saturated carbocycles. The van der Waals surface area contributed by atoms with Gasteiger partial charge in [0.25, 0.3) is 0 Å². The van der Waals surface area contributed by atoms with E-state index < -0.39 is 0 Å². The lowest BCUT2D eigenvalue weighted by Gasteiger charge is -2.26. The second-order valence-electron chi connectivity index (χ2n) is 6.34. The van der Waals surface area contributed by atoms with Gasteiger partial charge in [0.2, 0.25) is 5.88 Å². The number of aromatic nitrogens is 4. The molecule has 0 radical (unpaired) electrons. The molecule has 0 aromatic carbocycles. The molecular formula is C19H22N6O2S. The third kappa shape index (κ3) is 5.00. The number of thiazole rings is 1. The fraction of sp³-hybridized carbons (Fsp3) is 0.368. The first kappa shape index (κ1) is 18.7. The maximum absolute atomic E-state index is 5.84. The van der Waals surface area contributed by atoms with Gasteiger partial charge in [0.15, 0.2) is 5.13 Å². The molecule has 28 heavy (non-hydrogen) atoms. The van der Waals surface area contributed by atoms with E-state index in [0.29, 0.717) is 24.1 Å². The first-order chi connectivity index (χ1) is 13.8. The van der Waals surface area contributed by atoms with Crippen LogP contribution in [0, 0.1) is 6.92 Å².